The molecule has 0 aromatic carbocycles. The van der Waals surface area contributed by atoms with Crippen LogP contribution in [0.3, 0.4) is 0 Å². The van der Waals surface area contributed by atoms with E-state index in [4.69, 9.17) is 0 Å². The lowest BCUT2D eigenvalue weighted by Crippen LogP contribution is -1.95. The van der Waals surface area contributed by atoms with E-state index in [9.17, 15) is 0 Å². The van der Waals surface area contributed by atoms with E-state index in [1.54, 1.807) is 0 Å². The molecule has 2 nitrogen and oxygen atoms in total. The molecule has 1 aromatic heterocycles. The Morgan fingerprint density at radius 2 is 2.50 bits per heavy atom. The lowest BCUT2D eigenvalue weighted by atomic mass is 10.5. The molecule has 1 fully saturated rings. The maximum atomic E-state index is 4.21. The average molecular weight is 154 g/mol. The molecule has 0 saturated heterocycles. The van der Waals surface area contributed by atoms with Gasteiger partial charge >= 0.3 is 0 Å². The standard InChI is InChI=1S/C7H10N2S/c10-4-7-3-8-5-9(7)6-1-2-6/h3,5-6,10H,1-2,4H2. The molecule has 3 heteroatoms. The predicted molar refractivity (Wildman–Crippen MR) is 43.2 cm³/mol. The van der Waals surface area contributed by atoms with E-state index >= 15 is 0 Å². The van der Waals surface area contributed by atoms with E-state index in [2.05, 4.69) is 22.2 Å². The van der Waals surface area contributed by atoms with Crippen molar-refractivity contribution in [2.75, 3.05) is 0 Å². The quantitative estimate of drug-likeness (QED) is 0.641. The normalized spacial score (nSPS) is 17.7. The molecule has 2 rings (SSSR count). The molecule has 10 heavy (non-hydrogen) atoms. The molecule has 1 aromatic rings. The summed E-state index contributed by atoms with van der Waals surface area (Å²) in [6.07, 6.45) is 6.43. The van der Waals surface area contributed by atoms with Crippen LogP contribution in [0, 0.1) is 0 Å². The summed E-state index contributed by atoms with van der Waals surface area (Å²) >= 11 is 4.21. The van der Waals surface area contributed by atoms with Crippen molar-refractivity contribution in [3.05, 3.63) is 18.2 Å². The van der Waals surface area contributed by atoms with E-state index < -0.39 is 0 Å². The fourth-order valence-corrected chi connectivity index (χ4v) is 1.38. The molecular weight excluding hydrogens is 144 g/mol. The Bertz CT molecular complexity index is 227. The van der Waals surface area contributed by atoms with Crippen molar-refractivity contribution in [2.24, 2.45) is 0 Å². The van der Waals surface area contributed by atoms with E-state index in [-0.39, 0.29) is 0 Å². The maximum Gasteiger partial charge on any atom is 0.0951 e. The van der Waals surface area contributed by atoms with Crippen molar-refractivity contribution in [3.63, 3.8) is 0 Å². The molecule has 0 atom stereocenters. The van der Waals surface area contributed by atoms with Gasteiger partial charge in [0.05, 0.1) is 6.33 Å². The van der Waals surface area contributed by atoms with Crippen LogP contribution in [0.25, 0.3) is 0 Å². The average Bonchev–Trinajstić information content (AvgIpc) is 2.69. The van der Waals surface area contributed by atoms with Gasteiger partial charge in [0.25, 0.3) is 0 Å². The second kappa shape index (κ2) is 2.31. The van der Waals surface area contributed by atoms with Gasteiger partial charge in [-0.3, -0.25) is 0 Å². The number of thiol groups is 1. The highest BCUT2D eigenvalue weighted by molar-refractivity contribution is 7.79. The van der Waals surface area contributed by atoms with Crippen LogP contribution in [0.15, 0.2) is 12.5 Å². The molecule has 0 radical (unpaired) electrons. The van der Waals surface area contributed by atoms with Gasteiger partial charge < -0.3 is 4.57 Å². The van der Waals surface area contributed by atoms with Gasteiger partial charge in [0.2, 0.25) is 0 Å². The van der Waals surface area contributed by atoms with Crippen LogP contribution in [-0.4, -0.2) is 9.55 Å². The van der Waals surface area contributed by atoms with Crippen molar-refractivity contribution in [1.29, 1.82) is 0 Å². The zero-order chi connectivity index (χ0) is 6.97. The van der Waals surface area contributed by atoms with E-state index in [1.165, 1.54) is 18.5 Å². The molecule has 0 spiro atoms. The van der Waals surface area contributed by atoms with E-state index in [0.717, 1.165) is 11.8 Å². The highest BCUT2D eigenvalue weighted by atomic mass is 32.1. The van der Waals surface area contributed by atoms with Crippen LogP contribution >= 0.6 is 12.6 Å². The minimum Gasteiger partial charge on any atom is -0.331 e. The molecule has 1 aliphatic rings. The van der Waals surface area contributed by atoms with Crippen LogP contribution < -0.4 is 0 Å². The van der Waals surface area contributed by atoms with Gasteiger partial charge in [0.1, 0.15) is 0 Å². The topological polar surface area (TPSA) is 17.8 Å². The first kappa shape index (κ1) is 6.28. The Kier molecular flexibility index (Phi) is 1.45. The van der Waals surface area contributed by atoms with Gasteiger partial charge in [-0.05, 0) is 12.8 Å². The second-order valence-electron chi connectivity index (χ2n) is 2.68. The number of imidazole rings is 1. The number of hydrogen-bond acceptors (Lipinski definition) is 2. The minimum atomic E-state index is 0.740. The first-order valence-corrected chi connectivity index (χ1v) is 4.16. The molecule has 1 saturated carbocycles. The molecule has 0 bridgehead atoms. The van der Waals surface area contributed by atoms with Crippen molar-refractivity contribution < 1.29 is 0 Å². The molecular formula is C7H10N2S. The number of aromatic nitrogens is 2. The second-order valence-corrected chi connectivity index (χ2v) is 3.00. The smallest absolute Gasteiger partial charge is 0.0951 e. The van der Waals surface area contributed by atoms with Gasteiger partial charge in [-0.15, -0.1) is 0 Å². The number of nitrogens with zero attached hydrogens (tertiary/aromatic N) is 2. The summed E-state index contributed by atoms with van der Waals surface area (Å²) in [5, 5.41) is 0. The van der Waals surface area contributed by atoms with Gasteiger partial charge in [-0.25, -0.2) is 4.98 Å². The summed E-state index contributed by atoms with van der Waals surface area (Å²) in [7, 11) is 0. The third-order valence-corrected chi connectivity index (χ3v) is 2.17. The Labute approximate surface area is 65.7 Å². The highest BCUT2D eigenvalue weighted by Crippen LogP contribution is 2.35. The van der Waals surface area contributed by atoms with Crippen LogP contribution in [0.5, 0.6) is 0 Å². The molecule has 0 unspecified atom stereocenters. The third-order valence-electron chi connectivity index (χ3n) is 1.85. The highest BCUT2D eigenvalue weighted by Gasteiger charge is 2.24. The molecule has 0 aliphatic heterocycles. The number of rotatable bonds is 2. The molecule has 1 heterocycles. The van der Waals surface area contributed by atoms with Crippen molar-refractivity contribution in [1.82, 2.24) is 9.55 Å². The first-order valence-electron chi connectivity index (χ1n) is 3.53. The first-order chi connectivity index (χ1) is 4.92. The SMILES string of the molecule is SCc1cncn1C1CC1. The zero-order valence-electron chi connectivity index (χ0n) is 5.70. The van der Waals surface area contributed by atoms with Crippen molar-refractivity contribution >= 4 is 12.6 Å². The van der Waals surface area contributed by atoms with Crippen LogP contribution in [0.1, 0.15) is 24.6 Å². The lowest BCUT2D eigenvalue weighted by Gasteiger charge is -2.01. The predicted octanol–water partition coefficient (Wildman–Crippen LogP) is 1.65. The fourth-order valence-electron chi connectivity index (χ4n) is 1.14. The summed E-state index contributed by atoms with van der Waals surface area (Å²) in [4.78, 5) is 4.07. The Morgan fingerprint density at radius 3 is 3.10 bits per heavy atom. The molecule has 54 valence electrons. The van der Waals surface area contributed by atoms with Crippen molar-refractivity contribution in [3.8, 4) is 0 Å². The summed E-state index contributed by atoms with van der Waals surface area (Å²) in [5.74, 6) is 0.802. The van der Waals surface area contributed by atoms with Crippen LogP contribution in [0.2, 0.25) is 0 Å². The van der Waals surface area contributed by atoms with Gasteiger partial charge in [0.15, 0.2) is 0 Å². The Hall–Kier alpha value is -0.440. The van der Waals surface area contributed by atoms with Gasteiger partial charge in [0, 0.05) is 23.7 Å². The monoisotopic (exact) mass is 154 g/mol. The zero-order valence-corrected chi connectivity index (χ0v) is 6.59. The Morgan fingerprint density at radius 1 is 1.70 bits per heavy atom. The summed E-state index contributed by atoms with van der Waals surface area (Å²) in [5.41, 5.74) is 1.24. The van der Waals surface area contributed by atoms with Gasteiger partial charge in [-0.2, -0.15) is 12.6 Å². The summed E-state index contributed by atoms with van der Waals surface area (Å²) in [6, 6.07) is 0.740. The summed E-state index contributed by atoms with van der Waals surface area (Å²) < 4.78 is 2.23. The maximum absolute atomic E-state index is 4.21. The third kappa shape index (κ3) is 0.944. The Balaban J connectivity index is 2.28. The summed E-state index contributed by atoms with van der Waals surface area (Å²) in [6.45, 7) is 0. The largest absolute Gasteiger partial charge is 0.331 e. The van der Waals surface area contributed by atoms with E-state index in [0.29, 0.717) is 0 Å². The number of hydrogen-bond donors (Lipinski definition) is 1. The molecule has 1 aliphatic carbocycles. The lowest BCUT2D eigenvalue weighted by molar-refractivity contribution is 0.714. The van der Waals surface area contributed by atoms with E-state index in [1.807, 2.05) is 12.5 Å². The van der Waals surface area contributed by atoms with Crippen LogP contribution in [-0.2, 0) is 5.75 Å². The molecule has 0 N–H and O–H groups in total. The van der Waals surface area contributed by atoms with Crippen LogP contribution in [0.4, 0.5) is 0 Å². The fraction of sp³-hybridized carbons (Fsp3) is 0.571. The molecule has 0 amide bonds. The van der Waals surface area contributed by atoms with Crippen molar-refractivity contribution in [2.45, 2.75) is 24.6 Å². The van der Waals surface area contributed by atoms with Gasteiger partial charge in [-0.1, -0.05) is 0 Å². The minimum absolute atomic E-state index is 0.740.